The highest BCUT2D eigenvalue weighted by Crippen LogP contribution is 2.26. The van der Waals surface area contributed by atoms with Gasteiger partial charge in [-0.15, -0.1) is 0 Å². The zero-order valence-electron chi connectivity index (χ0n) is 14.6. The largest absolute Gasteiger partial charge is 0.337 e. The van der Waals surface area contributed by atoms with Crippen LogP contribution in [0.2, 0.25) is 5.15 Å². The molecule has 0 aromatic carbocycles. The molecule has 0 aliphatic heterocycles. The second-order valence-corrected chi connectivity index (χ2v) is 6.74. The van der Waals surface area contributed by atoms with Crippen molar-refractivity contribution in [3.8, 4) is 0 Å². The monoisotopic (exact) mass is 358 g/mol. The highest BCUT2D eigenvalue weighted by atomic mass is 35.5. The van der Waals surface area contributed by atoms with Crippen LogP contribution in [0.25, 0.3) is 11.1 Å². The van der Waals surface area contributed by atoms with Crippen LogP contribution in [0, 0.1) is 6.92 Å². The molecule has 3 aromatic rings. The Morgan fingerprint density at radius 1 is 1.36 bits per heavy atom. The Morgan fingerprint density at radius 3 is 2.76 bits per heavy atom. The molecule has 0 saturated carbocycles. The highest BCUT2D eigenvalue weighted by molar-refractivity contribution is 6.29. The van der Waals surface area contributed by atoms with Gasteiger partial charge in [0.05, 0.1) is 16.6 Å². The Morgan fingerprint density at radius 2 is 2.12 bits per heavy atom. The predicted octanol–water partition coefficient (Wildman–Crippen LogP) is 3.98. The smallest absolute Gasteiger partial charge is 0.259 e. The second-order valence-electron chi connectivity index (χ2n) is 6.35. The molecule has 25 heavy (non-hydrogen) atoms. The molecule has 0 spiro atoms. The zero-order chi connectivity index (χ0) is 18.1. The average Bonchev–Trinajstić information content (AvgIpc) is 2.96. The summed E-state index contributed by atoms with van der Waals surface area (Å²) in [5, 5.41) is 5.05. The normalized spacial score (nSPS) is 11.3. The van der Waals surface area contributed by atoms with E-state index in [4.69, 9.17) is 16.1 Å². The molecule has 0 atom stereocenters. The average molecular weight is 359 g/mol. The van der Waals surface area contributed by atoms with Gasteiger partial charge in [-0.2, -0.15) is 0 Å². The third kappa shape index (κ3) is 3.49. The van der Waals surface area contributed by atoms with E-state index in [1.807, 2.05) is 32.9 Å². The summed E-state index contributed by atoms with van der Waals surface area (Å²) in [7, 11) is 1.75. The van der Waals surface area contributed by atoms with E-state index in [-0.39, 0.29) is 11.8 Å². The maximum absolute atomic E-state index is 13.0. The van der Waals surface area contributed by atoms with Crippen molar-refractivity contribution in [3.63, 3.8) is 0 Å². The first-order valence-corrected chi connectivity index (χ1v) is 8.37. The van der Waals surface area contributed by atoms with E-state index in [1.54, 1.807) is 24.2 Å². The number of aryl methyl sites for hydroxylation is 1. The molecule has 0 unspecified atom stereocenters. The number of rotatable bonds is 4. The number of fused-ring (bicyclic) bond motifs is 1. The third-order valence-electron chi connectivity index (χ3n) is 4.01. The first kappa shape index (κ1) is 17.4. The minimum atomic E-state index is -0.115. The number of carbonyl (C=O) groups excluding carboxylic acids is 1. The van der Waals surface area contributed by atoms with E-state index in [0.717, 1.165) is 11.3 Å². The SMILES string of the molecule is Cc1noc2nc(C(C)C)cc(C(=O)N(C)Cc3ccc(Cl)nc3)c12. The van der Waals surface area contributed by atoms with Gasteiger partial charge in [0.15, 0.2) is 0 Å². The van der Waals surface area contributed by atoms with Crippen LogP contribution < -0.4 is 0 Å². The number of halogens is 1. The molecular formula is C18H19ClN4O2. The molecule has 1 amide bonds. The van der Waals surface area contributed by atoms with Gasteiger partial charge in [-0.05, 0) is 30.5 Å². The van der Waals surface area contributed by atoms with E-state index >= 15 is 0 Å². The van der Waals surface area contributed by atoms with Crippen LogP contribution in [0.1, 0.15) is 47.1 Å². The van der Waals surface area contributed by atoms with Crippen molar-refractivity contribution in [2.75, 3.05) is 7.05 Å². The minimum absolute atomic E-state index is 0.115. The minimum Gasteiger partial charge on any atom is -0.337 e. The lowest BCUT2D eigenvalue weighted by molar-refractivity contribution is 0.0786. The molecule has 0 aliphatic carbocycles. The molecule has 7 heteroatoms. The van der Waals surface area contributed by atoms with Gasteiger partial charge in [-0.25, -0.2) is 9.97 Å². The fourth-order valence-electron chi connectivity index (χ4n) is 2.63. The molecule has 0 N–H and O–H groups in total. The lowest BCUT2D eigenvalue weighted by Gasteiger charge is -2.18. The fourth-order valence-corrected chi connectivity index (χ4v) is 2.74. The molecule has 0 radical (unpaired) electrons. The van der Waals surface area contributed by atoms with Crippen molar-refractivity contribution >= 4 is 28.6 Å². The topological polar surface area (TPSA) is 72.1 Å². The van der Waals surface area contributed by atoms with Crippen LogP contribution in [0.4, 0.5) is 0 Å². The standard InChI is InChI=1S/C18H19ClN4O2/c1-10(2)14-7-13(16-11(3)22-25-17(16)21-14)18(24)23(4)9-12-5-6-15(19)20-8-12/h5-8,10H,9H2,1-4H3. The lowest BCUT2D eigenvalue weighted by Crippen LogP contribution is -2.26. The summed E-state index contributed by atoms with van der Waals surface area (Å²) < 4.78 is 5.29. The zero-order valence-corrected chi connectivity index (χ0v) is 15.3. The van der Waals surface area contributed by atoms with Gasteiger partial charge in [-0.3, -0.25) is 4.79 Å². The van der Waals surface area contributed by atoms with Crippen molar-refractivity contribution in [2.45, 2.75) is 33.2 Å². The van der Waals surface area contributed by atoms with E-state index in [9.17, 15) is 4.79 Å². The second kappa shape index (κ2) is 6.80. The van der Waals surface area contributed by atoms with Crippen molar-refractivity contribution in [2.24, 2.45) is 0 Å². The summed E-state index contributed by atoms with van der Waals surface area (Å²) in [5.41, 5.74) is 3.30. The molecule has 0 bridgehead atoms. The van der Waals surface area contributed by atoms with Crippen LogP contribution in [0.3, 0.4) is 0 Å². The van der Waals surface area contributed by atoms with Gasteiger partial charge in [0.25, 0.3) is 11.6 Å². The maximum Gasteiger partial charge on any atom is 0.259 e. The number of nitrogens with zero attached hydrogens (tertiary/aromatic N) is 4. The highest BCUT2D eigenvalue weighted by Gasteiger charge is 2.22. The molecule has 3 aromatic heterocycles. The third-order valence-corrected chi connectivity index (χ3v) is 4.24. The fraction of sp³-hybridized carbons (Fsp3) is 0.333. The number of amides is 1. The van der Waals surface area contributed by atoms with Crippen molar-refractivity contribution < 1.29 is 9.32 Å². The molecular weight excluding hydrogens is 340 g/mol. The molecule has 130 valence electrons. The van der Waals surface area contributed by atoms with E-state index in [0.29, 0.717) is 34.1 Å². The first-order valence-electron chi connectivity index (χ1n) is 7.99. The lowest BCUT2D eigenvalue weighted by atomic mass is 10.0. The van der Waals surface area contributed by atoms with Gasteiger partial charge in [0.2, 0.25) is 0 Å². The van der Waals surface area contributed by atoms with Gasteiger partial charge in [0.1, 0.15) is 5.15 Å². The van der Waals surface area contributed by atoms with Crippen LogP contribution in [0.15, 0.2) is 28.9 Å². The van der Waals surface area contributed by atoms with Crippen molar-refractivity contribution in [1.29, 1.82) is 0 Å². The molecule has 0 aliphatic rings. The summed E-state index contributed by atoms with van der Waals surface area (Å²) in [6, 6.07) is 5.39. The van der Waals surface area contributed by atoms with Gasteiger partial charge in [0, 0.05) is 25.5 Å². The number of aromatic nitrogens is 3. The van der Waals surface area contributed by atoms with Crippen LogP contribution in [0.5, 0.6) is 0 Å². The summed E-state index contributed by atoms with van der Waals surface area (Å²) in [5.74, 6) is 0.0580. The van der Waals surface area contributed by atoms with Crippen molar-refractivity contribution in [1.82, 2.24) is 20.0 Å². The Balaban J connectivity index is 1.97. The molecule has 0 fully saturated rings. The molecule has 3 heterocycles. The Labute approximate surface area is 150 Å². The first-order chi connectivity index (χ1) is 11.9. The number of pyridine rings is 2. The number of hydrogen-bond acceptors (Lipinski definition) is 5. The quantitative estimate of drug-likeness (QED) is 0.660. The molecule has 3 rings (SSSR count). The summed E-state index contributed by atoms with van der Waals surface area (Å²) >= 11 is 5.81. The van der Waals surface area contributed by atoms with Gasteiger partial charge < -0.3 is 9.42 Å². The van der Waals surface area contributed by atoms with Gasteiger partial charge in [-0.1, -0.05) is 36.7 Å². The Kier molecular flexibility index (Phi) is 4.72. The Bertz CT molecular complexity index is 919. The van der Waals surface area contributed by atoms with E-state index in [2.05, 4.69) is 15.1 Å². The summed E-state index contributed by atoms with van der Waals surface area (Å²) in [4.78, 5) is 23.2. The van der Waals surface area contributed by atoms with Crippen LogP contribution in [-0.4, -0.2) is 33.0 Å². The Hall–Kier alpha value is -2.47. The maximum atomic E-state index is 13.0. The summed E-state index contributed by atoms with van der Waals surface area (Å²) in [6.07, 6.45) is 1.67. The van der Waals surface area contributed by atoms with E-state index < -0.39 is 0 Å². The van der Waals surface area contributed by atoms with E-state index in [1.165, 1.54) is 0 Å². The molecule has 0 saturated heterocycles. The van der Waals surface area contributed by atoms with Gasteiger partial charge >= 0.3 is 0 Å². The predicted molar refractivity (Wildman–Crippen MR) is 95.7 cm³/mol. The van der Waals surface area contributed by atoms with Crippen LogP contribution in [-0.2, 0) is 6.54 Å². The number of hydrogen-bond donors (Lipinski definition) is 0. The van der Waals surface area contributed by atoms with Crippen molar-refractivity contribution in [3.05, 3.63) is 52.1 Å². The number of carbonyl (C=O) groups is 1. The summed E-state index contributed by atoms with van der Waals surface area (Å²) in [6.45, 7) is 6.28. The molecule has 6 nitrogen and oxygen atoms in total. The van der Waals surface area contributed by atoms with Crippen LogP contribution >= 0.6 is 11.6 Å².